The number of alkyl halides is 3. The van der Waals surface area contributed by atoms with Gasteiger partial charge in [0.05, 0.1) is 11.1 Å². The van der Waals surface area contributed by atoms with Crippen LogP contribution in [0.25, 0.3) is 22.7 Å². The van der Waals surface area contributed by atoms with Gasteiger partial charge in [0.25, 0.3) is 0 Å². The Kier molecular flexibility index (Phi) is 5.06. The fourth-order valence-electron chi connectivity index (χ4n) is 2.88. The van der Waals surface area contributed by atoms with Crippen molar-refractivity contribution in [1.82, 2.24) is 4.57 Å². The van der Waals surface area contributed by atoms with Crippen molar-refractivity contribution in [2.45, 2.75) is 32.5 Å². The monoisotopic (exact) mass is 387 g/mol. The van der Waals surface area contributed by atoms with Crippen molar-refractivity contribution in [3.05, 3.63) is 71.9 Å². The molecule has 0 amide bonds. The van der Waals surface area contributed by atoms with Crippen LogP contribution in [-0.2, 0) is 15.7 Å². The van der Waals surface area contributed by atoms with Crippen molar-refractivity contribution in [3.63, 3.8) is 0 Å². The average Bonchev–Trinajstić information content (AvgIpc) is 2.96. The Morgan fingerprint density at radius 1 is 1.00 bits per heavy atom. The van der Waals surface area contributed by atoms with E-state index in [1.807, 2.05) is 30.3 Å². The summed E-state index contributed by atoms with van der Waals surface area (Å²) >= 11 is 0. The lowest BCUT2D eigenvalue weighted by atomic mass is 10.2. The summed E-state index contributed by atoms with van der Waals surface area (Å²) < 4.78 is 45.7. The standard InChI is InChI=1S/C22H20F3NO2/c1-21(2,3)28-20(27)13-12-18-14-15-6-4-5-7-19(15)26(18)17-10-8-16(9-11-17)22(23,24)25/h4-14H,1-3H3. The van der Waals surface area contributed by atoms with Gasteiger partial charge in [-0.05, 0) is 63.2 Å². The maximum Gasteiger partial charge on any atom is 0.416 e. The Labute approximate surface area is 161 Å². The smallest absolute Gasteiger partial charge is 0.416 e. The number of ether oxygens (including phenoxy) is 1. The lowest BCUT2D eigenvalue weighted by Crippen LogP contribution is -2.22. The van der Waals surface area contributed by atoms with E-state index in [0.717, 1.165) is 23.0 Å². The molecule has 0 atom stereocenters. The summed E-state index contributed by atoms with van der Waals surface area (Å²) in [5.74, 6) is -0.489. The molecule has 1 heterocycles. The quantitative estimate of drug-likeness (QED) is 0.407. The molecule has 146 valence electrons. The zero-order valence-corrected chi connectivity index (χ0v) is 15.7. The highest BCUT2D eigenvalue weighted by Gasteiger charge is 2.30. The molecule has 3 nitrogen and oxygen atoms in total. The molecule has 0 N–H and O–H groups in total. The van der Waals surface area contributed by atoms with Crippen molar-refractivity contribution < 1.29 is 22.7 Å². The summed E-state index contributed by atoms with van der Waals surface area (Å²) in [7, 11) is 0. The van der Waals surface area contributed by atoms with Crippen LogP contribution in [0.5, 0.6) is 0 Å². The number of carbonyl (C=O) groups is 1. The van der Waals surface area contributed by atoms with E-state index in [4.69, 9.17) is 4.74 Å². The molecule has 3 rings (SSSR count). The highest BCUT2D eigenvalue weighted by atomic mass is 19.4. The second kappa shape index (κ2) is 7.19. The van der Waals surface area contributed by atoms with E-state index < -0.39 is 23.3 Å². The second-order valence-corrected chi connectivity index (χ2v) is 7.37. The number of fused-ring (bicyclic) bond motifs is 1. The molecule has 0 aliphatic heterocycles. The number of rotatable bonds is 3. The Morgan fingerprint density at radius 2 is 1.64 bits per heavy atom. The molecule has 2 aromatic carbocycles. The third-order valence-corrected chi connectivity index (χ3v) is 3.99. The number of benzene rings is 2. The van der Waals surface area contributed by atoms with E-state index in [2.05, 4.69) is 0 Å². The maximum absolute atomic E-state index is 12.9. The molecule has 0 fully saturated rings. The van der Waals surface area contributed by atoms with Gasteiger partial charge in [0.15, 0.2) is 0 Å². The van der Waals surface area contributed by atoms with Crippen LogP contribution >= 0.6 is 0 Å². The number of hydrogen-bond donors (Lipinski definition) is 0. The highest BCUT2D eigenvalue weighted by molar-refractivity contribution is 5.90. The van der Waals surface area contributed by atoms with Gasteiger partial charge in [0.2, 0.25) is 0 Å². The van der Waals surface area contributed by atoms with Gasteiger partial charge in [-0.3, -0.25) is 0 Å². The molecule has 6 heteroatoms. The van der Waals surface area contributed by atoms with Crippen molar-refractivity contribution in [1.29, 1.82) is 0 Å². The van der Waals surface area contributed by atoms with Crippen LogP contribution in [-0.4, -0.2) is 16.1 Å². The minimum absolute atomic E-state index is 0.489. The number of hydrogen-bond acceptors (Lipinski definition) is 2. The summed E-state index contributed by atoms with van der Waals surface area (Å²) in [6.07, 6.45) is -1.47. The Hall–Kier alpha value is -3.02. The van der Waals surface area contributed by atoms with E-state index in [1.165, 1.54) is 18.2 Å². The third-order valence-electron chi connectivity index (χ3n) is 3.99. The largest absolute Gasteiger partial charge is 0.457 e. The molecule has 0 saturated carbocycles. The van der Waals surface area contributed by atoms with Crippen LogP contribution < -0.4 is 0 Å². The molecule has 0 saturated heterocycles. The van der Waals surface area contributed by atoms with Crippen molar-refractivity contribution in [2.24, 2.45) is 0 Å². The normalized spacial score (nSPS) is 12.6. The number of aromatic nitrogens is 1. The fraction of sp³-hybridized carbons (Fsp3) is 0.227. The average molecular weight is 387 g/mol. The molecule has 0 aliphatic carbocycles. The molecule has 0 aliphatic rings. The predicted octanol–water partition coefficient (Wildman–Crippen LogP) is 6.00. The minimum Gasteiger partial charge on any atom is -0.457 e. The minimum atomic E-state index is -4.39. The van der Waals surface area contributed by atoms with Crippen LogP contribution in [0.3, 0.4) is 0 Å². The lowest BCUT2D eigenvalue weighted by Gasteiger charge is -2.18. The van der Waals surface area contributed by atoms with Crippen LogP contribution in [0.15, 0.2) is 60.7 Å². The molecule has 0 radical (unpaired) electrons. The van der Waals surface area contributed by atoms with Gasteiger partial charge in [0.1, 0.15) is 5.60 Å². The summed E-state index contributed by atoms with van der Waals surface area (Å²) in [5, 5.41) is 0.909. The Bertz CT molecular complexity index is 1020. The van der Waals surface area contributed by atoms with Crippen LogP contribution in [0, 0.1) is 0 Å². The van der Waals surface area contributed by atoms with Crippen LogP contribution in [0.2, 0.25) is 0 Å². The van der Waals surface area contributed by atoms with Crippen LogP contribution in [0.1, 0.15) is 32.0 Å². The van der Waals surface area contributed by atoms with Crippen molar-refractivity contribution in [2.75, 3.05) is 0 Å². The van der Waals surface area contributed by atoms with E-state index in [9.17, 15) is 18.0 Å². The van der Waals surface area contributed by atoms with Gasteiger partial charge in [-0.2, -0.15) is 13.2 Å². The predicted molar refractivity (Wildman–Crippen MR) is 103 cm³/mol. The van der Waals surface area contributed by atoms with Gasteiger partial charge in [-0.15, -0.1) is 0 Å². The summed E-state index contributed by atoms with van der Waals surface area (Å²) in [6, 6.07) is 14.3. The van der Waals surface area contributed by atoms with Gasteiger partial charge in [-0.1, -0.05) is 18.2 Å². The summed E-state index contributed by atoms with van der Waals surface area (Å²) in [5.41, 5.74) is 0.733. The number of halogens is 3. The number of para-hydroxylation sites is 1. The number of nitrogens with zero attached hydrogens (tertiary/aromatic N) is 1. The number of carbonyl (C=O) groups excluding carboxylic acids is 1. The van der Waals surface area contributed by atoms with Crippen molar-refractivity contribution in [3.8, 4) is 5.69 Å². The van der Waals surface area contributed by atoms with E-state index in [0.29, 0.717) is 11.4 Å². The van der Waals surface area contributed by atoms with E-state index in [1.54, 1.807) is 31.4 Å². The molecule has 0 unspecified atom stereocenters. The first-order chi connectivity index (χ1) is 13.0. The Morgan fingerprint density at radius 3 is 2.25 bits per heavy atom. The van der Waals surface area contributed by atoms with Crippen LogP contribution in [0.4, 0.5) is 13.2 Å². The summed E-state index contributed by atoms with van der Waals surface area (Å²) in [6.45, 7) is 5.33. The molecule has 0 bridgehead atoms. The van der Waals surface area contributed by atoms with Gasteiger partial charge in [-0.25, -0.2) is 4.79 Å². The van der Waals surface area contributed by atoms with E-state index in [-0.39, 0.29) is 0 Å². The van der Waals surface area contributed by atoms with Gasteiger partial charge in [0, 0.05) is 22.8 Å². The number of esters is 1. The maximum atomic E-state index is 12.9. The molecular weight excluding hydrogens is 367 g/mol. The molecule has 0 spiro atoms. The molecular formula is C22H20F3NO2. The zero-order chi connectivity index (χ0) is 20.5. The SMILES string of the molecule is CC(C)(C)OC(=O)C=Cc1cc2ccccc2n1-c1ccc(C(F)(F)F)cc1. The fourth-order valence-corrected chi connectivity index (χ4v) is 2.88. The third kappa shape index (κ3) is 4.44. The molecule has 28 heavy (non-hydrogen) atoms. The highest BCUT2D eigenvalue weighted by Crippen LogP contribution is 2.31. The first-order valence-corrected chi connectivity index (χ1v) is 8.74. The lowest BCUT2D eigenvalue weighted by molar-refractivity contribution is -0.148. The first kappa shape index (κ1) is 19.7. The first-order valence-electron chi connectivity index (χ1n) is 8.74. The van der Waals surface area contributed by atoms with E-state index >= 15 is 0 Å². The zero-order valence-electron chi connectivity index (χ0n) is 15.7. The topological polar surface area (TPSA) is 31.2 Å². The van der Waals surface area contributed by atoms with Gasteiger partial charge >= 0.3 is 12.1 Å². The summed E-state index contributed by atoms with van der Waals surface area (Å²) in [4.78, 5) is 12.0. The second-order valence-electron chi connectivity index (χ2n) is 7.37. The Balaban J connectivity index is 2.04. The van der Waals surface area contributed by atoms with Gasteiger partial charge < -0.3 is 9.30 Å². The molecule has 1 aromatic heterocycles. The molecule has 3 aromatic rings. The van der Waals surface area contributed by atoms with Crippen molar-refractivity contribution >= 4 is 22.9 Å².